The van der Waals surface area contributed by atoms with Gasteiger partial charge in [0.2, 0.25) is 11.8 Å². The van der Waals surface area contributed by atoms with Crippen LogP contribution in [0.3, 0.4) is 0 Å². The van der Waals surface area contributed by atoms with Gasteiger partial charge >= 0.3 is 5.97 Å². The summed E-state index contributed by atoms with van der Waals surface area (Å²) in [5.41, 5.74) is 0.348. The smallest absolute Gasteiger partial charge is 0.335 e. The van der Waals surface area contributed by atoms with Crippen LogP contribution in [0.25, 0.3) is 0 Å². The molecule has 6 nitrogen and oxygen atoms in total. The minimum Gasteiger partial charge on any atom is -0.478 e. The molecule has 106 valence electrons. The van der Waals surface area contributed by atoms with Crippen molar-refractivity contribution in [1.82, 2.24) is 0 Å². The molecule has 4 rings (SSSR count). The molecule has 3 aliphatic heterocycles. The number of carbonyl (C=O) groups excluding carboxylic acids is 2. The van der Waals surface area contributed by atoms with Crippen LogP contribution in [0.15, 0.2) is 36.4 Å². The lowest BCUT2D eigenvalue weighted by molar-refractivity contribution is -0.124. The molecule has 0 unspecified atom stereocenters. The zero-order valence-corrected chi connectivity index (χ0v) is 10.8. The molecule has 0 radical (unpaired) electrons. The Balaban J connectivity index is 1.74. The predicted molar refractivity (Wildman–Crippen MR) is 70.7 cm³/mol. The Morgan fingerprint density at radius 3 is 2.29 bits per heavy atom. The maximum atomic E-state index is 12.5. The molecule has 3 aliphatic rings. The number of amides is 2. The number of hydrogen-bond donors (Lipinski definition) is 1. The number of rotatable bonds is 2. The largest absolute Gasteiger partial charge is 0.478 e. The quantitative estimate of drug-likeness (QED) is 0.642. The second-order valence-electron chi connectivity index (χ2n) is 5.37. The zero-order chi connectivity index (χ0) is 14.7. The summed E-state index contributed by atoms with van der Waals surface area (Å²) in [4.78, 5) is 37.1. The second kappa shape index (κ2) is 4.02. The summed E-state index contributed by atoms with van der Waals surface area (Å²) in [5.74, 6) is -2.70. The lowest BCUT2D eigenvalue weighted by Crippen LogP contribution is -2.34. The van der Waals surface area contributed by atoms with Crippen molar-refractivity contribution < 1.29 is 24.2 Å². The van der Waals surface area contributed by atoms with Crippen LogP contribution in [0.1, 0.15) is 10.4 Å². The minimum atomic E-state index is -1.10. The van der Waals surface area contributed by atoms with Gasteiger partial charge in [-0.2, -0.15) is 0 Å². The summed E-state index contributed by atoms with van der Waals surface area (Å²) in [5, 5.41) is 9.02. The number of carboxylic acids is 1. The van der Waals surface area contributed by atoms with Crippen molar-refractivity contribution in [3.63, 3.8) is 0 Å². The Morgan fingerprint density at radius 2 is 1.71 bits per heavy atom. The van der Waals surface area contributed by atoms with E-state index in [1.807, 2.05) is 12.2 Å². The molecule has 0 aromatic heterocycles. The molecule has 2 amide bonds. The molecule has 1 aromatic rings. The molecule has 1 aromatic carbocycles. The Bertz CT molecular complexity index is 680. The van der Waals surface area contributed by atoms with Gasteiger partial charge < -0.3 is 9.84 Å². The first-order valence-corrected chi connectivity index (χ1v) is 6.63. The molecule has 0 spiro atoms. The van der Waals surface area contributed by atoms with E-state index in [4.69, 9.17) is 9.84 Å². The number of carbonyl (C=O) groups is 3. The maximum Gasteiger partial charge on any atom is 0.335 e. The molecule has 21 heavy (non-hydrogen) atoms. The van der Waals surface area contributed by atoms with Crippen LogP contribution < -0.4 is 4.90 Å². The minimum absolute atomic E-state index is 0.0440. The van der Waals surface area contributed by atoms with E-state index < -0.39 is 17.8 Å². The number of carboxylic acid groups (broad SMARTS) is 1. The summed E-state index contributed by atoms with van der Waals surface area (Å²) in [7, 11) is 0. The summed E-state index contributed by atoms with van der Waals surface area (Å²) in [6, 6.07) is 5.86. The van der Waals surface area contributed by atoms with Crippen molar-refractivity contribution in [3.8, 4) is 0 Å². The third-order valence-electron chi connectivity index (χ3n) is 4.26. The number of ether oxygens (including phenoxy) is 1. The third kappa shape index (κ3) is 1.53. The van der Waals surface area contributed by atoms with Crippen molar-refractivity contribution in [2.45, 2.75) is 12.2 Å². The van der Waals surface area contributed by atoms with Gasteiger partial charge in [-0.3, -0.25) is 9.59 Å². The number of benzene rings is 1. The molecular weight excluding hydrogens is 274 g/mol. The van der Waals surface area contributed by atoms with E-state index in [-0.39, 0.29) is 29.6 Å². The molecule has 0 saturated carbocycles. The van der Waals surface area contributed by atoms with E-state index in [2.05, 4.69) is 0 Å². The molecule has 0 aliphatic carbocycles. The van der Waals surface area contributed by atoms with Gasteiger partial charge in [0, 0.05) is 0 Å². The fraction of sp³-hybridized carbons (Fsp3) is 0.267. The zero-order valence-electron chi connectivity index (χ0n) is 10.8. The lowest BCUT2D eigenvalue weighted by Gasteiger charge is -2.17. The van der Waals surface area contributed by atoms with Gasteiger partial charge in [0.1, 0.15) is 0 Å². The number of anilines is 1. The summed E-state index contributed by atoms with van der Waals surface area (Å²) < 4.78 is 5.55. The van der Waals surface area contributed by atoms with Crippen molar-refractivity contribution in [3.05, 3.63) is 42.0 Å². The molecule has 6 heteroatoms. The Hall–Kier alpha value is -2.47. The van der Waals surface area contributed by atoms with Crippen molar-refractivity contribution in [1.29, 1.82) is 0 Å². The topological polar surface area (TPSA) is 83.9 Å². The summed E-state index contributed by atoms with van der Waals surface area (Å²) >= 11 is 0. The van der Waals surface area contributed by atoms with Crippen molar-refractivity contribution >= 4 is 23.5 Å². The van der Waals surface area contributed by atoms with Gasteiger partial charge in [-0.15, -0.1) is 0 Å². The number of nitrogens with zero attached hydrogens (tertiary/aromatic N) is 1. The van der Waals surface area contributed by atoms with Gasteiger partial charge in [0.25, 0.3) is 0 Å². The van der Waals surface area contributed by atoms with Crippen LogP contribution in [0.5, 0.6) is 0 Å². The normalized spacial score (nSPS) is 32.9. The number of hydrogen-bond acceptors (Lipinski definition) is 4. The van der Waals surface area contributed by atoms with Crippen LogP contribution in [0.4, 0.5) is 5.69 Å². The molecular formula is C15H11NO5. The highest BCUT2D eigenvalue weighted by Gasteiger charge is 2.61. The highest BCUT2D eigenvalue weighted by molar-refractivity contribution is 6.23. The average Bonchev–Trinajstić information content (AvgIpc) is 3.13. The Labute approximate surface area is 119 Å². The number of fused-ring (bicyclic) bond motifs is 5. The van der Waals surface area contributed by atoms with Crippen LogP contribution in [0, 0.1) is 11.8 Å². The SMILES string of the molecule is O=C(O)c1cccc(N2C(=O)[C@@H]3[C@H](C2=O)[C@H]2C=C[C@H]3O2)c1. The van der Waals surface area contributed by atoms with Crippen LogP contribution in [-0.4, -0.2) is 35.1 Å². The molecule has 3 heterocycles. The Kier molecular flexibility index (Phi) is 2.35. The van der Waals surface area contributed by atoms with E-state index in [9.17, 15) is 14.4 Å². The predicted octanol–water partition coefficient (Wildman–Crippen LogP) is 0.828. The van der Waals surface area contributed by atoms with Crippen molar-refractivity contribution in [2.75, 3.05) is 4.90 Å². The lowest BCUT2D eigenvalue weighted by atomic mass is 9.85. The second-order valence-corrected chi connectivity index (χ2v) is 5.37. The fourth-order valence-corrected chi connectivity index (χ4v) is 3.34. The van der Waals surface area contributed by atoms with Gasteiger partial charge in [-0.05, 0) is 18.2 Å². The van der Waals surface area contributed by atoms with Gasteiger partial charge in [-0.25, -0.2) is 9.69 Å². The molecule has 1 N–H and O–H groups in total. The average molecular weight is 285 g/mol. The first-order chi connectivity index (χ1) is 10.1. The first-order valence-electron chi connectivity index (χ1n) is 6.63. The van der Waals surface area contributed by atoms with Crippen LogP contribution in [0.2, 0.25) is 0 Å². The first kappa shape index (κ1) is 12.3. The van der Waals surface area contributed by atoms with Gasteiger partial charge in [0.05, 0.1) is 35.3 Å². The van der Waals surface area contributed by atoms with Gasteiger partial charge in [-0.1, -0.05) is 18.2 Å². The molecule has 2 saturated heterocycles. The summed E-state index contributed by atoms with van der Waals surface area (Å²) in [6.07, 6.45) is 2.94. The highest BCUT2D eigenvalue weighted by Crippen LogP contribution is 2.46. The van der Waals surface area contributed by atoms with E-state index in [1.54, 1.807) is 6.07 Å². The third-order valence-corrected chi connectivity index (χ3v) is 4.26. The maximum absolute atomic E-state index is 12.5. The van der Waals surface area contributed by atoms with E-state index in [1.165, 1.54) is 18.2 Å². The standard InChI is InChI=1S/C15H11NO5/c17-13-11-9-4-5-10(21-9)12(11)14(18)16(13)8-3-1-2-7(6-8)15(19)20/h1-6,9-12H,(H,19,20)/t9-,10-,11-,12+/m1/s1. The van der Waals surface area contributed by atoms with Crippen LogP contribution in [-0.2, 0) is 14.3 Å². The van der Waals surface area contributed by atoms with E-state index >= 15 is 0 Å². The van der Waals surface area contributed by atoms with E-state index in [0.29, 0.717) is 5.69 Å². The van der Waals surface area contributed by atoms with Gasteiger partial charge in [0.15, 0.2) is 0 Å². The Morgan fingerprint density at radius 1 is 1.10 bits per heavy atom. The van der Waals surface area contributed by atoms with Crippen molar-refractivity contribution in [2.24, 2.45) is 11.8 Å². The molecule has 2 bridgehead atoms. The monoisotopic (exact) mass is 285 g/mol. The molecule has 4 atom stereocenters. The van der Waals surface area contributed by atoms with E-state index in [0.717, 1.165) is 4.90 Å². The fourth-order valence-electron chi connectivity index (χ4n) is 3.34. The highest BCUT2D eigenvalue weighted by atomic mass is 16.5. The summed E-state index contributed by atoms with van der Waals surface area (Å²) in [6.45, 7) is 0. The number of imide groups is 1. The van der Waals surface area contributed by atoms with Crippen LogP contribution >= 0.6 is 0 Å². The molecule has 2 fully saturated rings. The number of aromatic carboxylic acids is 1.